The first-order valence-corrected chi connectivity index (χ1v) is 6.25. The van der Waals surface area contributed by atoms with Crippen LogP contribution < -0.4 is 5.32 Å². The van der Waals surface area contributed by atoms with Crippen LogP contribution in [-0.4, -0.2) is 11.5 Å². The second-order valence-electron chi connectivity index (χ2n) is 4.63. The molecule has 2 aromatic rings. The van der Waals surface area contributed by atoms with E-state index in [1.165, 1.54) is 12.1 Å². The normalized spacial score (nSPS) is 11.9. The molecule has 0 radical (unpaired) electrons. The molecule has 5 heteroatoms. The Hall–Kier alpha value is -2.43. The molecule has 104 valence electrons. The Bertz CT molecular complexity index is 599. The van der Waals surface area contributed by atoms with Crippen LogP contribution in [0.25, 0.3) is 0 Å². The molecule has 0 saturated heterocycles. The molecular formula is C15H15FN2O2. The number of nitrogens with one attached hydrogen (secondary N) is 1. The first-order chi connectivity index (χ1) is 9.54. The fourth-order valence-corrected chi connectivity index (χ4v) is 2.02. The van der Waals surface area contributed by atoms with Gasteiger partial charge in [-0.05, 0) is 36.8 Å². The second kappa shape index (κ2) is 6.14. The van der Waals surface area contributed by atoms with Gasteiger partial charge in [0.25, 0.3) is 0 Å². The van der Waals surface area contributed by atoms with Crippen molar-refractivity contribution >= 4 is 5.69 Å². The van der Waals surface area contributed by atoms with Gasteiger partial charge in [0.1, 0.15) is 11.9 Å². The molecule has 1 atom stereocenters. The van der Waals surface area contributed by atoms with Crippen molar-refractivity contribution in [2.75, 3.05) is 11.9 Å². The predicted octanol–water partition coefficient (Wildman–Crippen LogP) is 3.56. The summed E-state index contributed by atoms with van der Waals surface area (Å²) in [5.74, 6) is -0.336. The van der Waals surface area contributed by atoms with Gasteiger partial charge in [-0.1, -0.05) is 29.8 Å². The maximum Gasteiger partial charge on any atom is 0.227 e. The second-order valence-corrected chi connectivity index (χ2v) is 4.63. The summed E-state index contributed by atoms with van der Waals surface area (Å²) in [6.07, 6.45) is 0. The summed E-state index contributed by atoms with van der Waals surface area (Å²) in [6, 6.07) is 12.9. The molecule has 0 aliphatic rings. The highest BCUT2D eigenvalue weighted by atomic mass is 19.1. The van der Waals surface area contributed by atoms with Crippen molar-refractivity contribution in [1.82, 2.24) is 0 Å². The molecule has 0 amide bonds. The zero-order chi connectivity index (χ0) is 14.5. The lowest BCUT2D eigenvalue weighted by molar-refractivity contribution is -0.482. The van der Waals surface area contributed by atoms with E-state index in [4.69, 9.17) is 0 Å². The summed E-state index contributed by atoms with van der Waals surface area (Å²) in [6.45, 7) is 1.70. The zero-order valence-corrected chi connectivity index (χ0v) is 11.0. The molecule has 2 aromatic carbocycles. The monoisotopic (exact) mass is 274 g/mol. The van der Waals surface area contributed by atoms with Crippen LogP contribution in [0.3, 0.4) is 0 Å². The molecule has 2 rings (SSSR count). The summed E-state index contributed by atoms with van der Waals surface area (Å²) < 4.78 is 12.9. The average molecular weight is 274 g/mol. The molecule has 0 aliphatic carbocycles. The van der Waals surface area contributed by atoms with Crippen molar-refractivity contribution in [3.05, 3.63) is 75.6 Å². The molecule has 0 fully saturated rings. The average Bonchev–Trinajstić information content (AvgIpc) is 2.40. The number of nitro groups is 1. The Morgan fingerprint density at radius 2 is 1.95 bits per heavy atom. The summed E-state index contributed by atoms with van der Waals surface area (Å²) in [5, 5.41) is 13.9. The summed E-state index contributed by atoms with van der Waals surface area (Å²) in [4.78, 5) is 10.5. The molecule has 1 unspecified atom stereocenters. The Labute approximate surface area is 116 Å². The number of hydrogen-bond donors (Lipinski definition) is 1. The Kier molecular flexibility index (Phi) is 4.30. The smallest absolute Gasteiger partial charge is 0.227 e. The molecule has 4 nitrogen and oxygen atoms in total. The highest BCUT2D eigenvalue weighted by Crippen LogP contribution is 2.21. The molecule has 1 N–H and O–H groups in total. The molecule has 0 aliphatic heterocycles. The first-order valence-electron chi connectivity index (χ1n) is 6.25. The van der Waals surface area contributed by atoms with E-state index < -0.39 is 6.04 Å². The van der Waals surface area contributed by atoms with Gasteiger partial charge >= 0.3 is 0 Å². The maximum absolute atomic E-state index is 12.9. The van der Waals surface area contributed by atoms with E-state index in [2.05, 4.69) is 5.32 Å². The van der Waals surface area contributed by atoms with Crippen LogP contribution in [0.2, 0.25) is 0 Å². The van der Waals surface area contributed by atoms with Crippen molar-refractivity contribution in [2.45, 2.75) is 13.0 Å². The number of aryl methyl sites for hydroxylation is 1. The number of anilines is 1. The van der Waals surface area contributed by atoms with Crippen molar-refractivity contribution in [1.29, 1.82) is 0 Å². The quantitative estimate of drug-likeness (QED) is 0.670. The largest absolute Gasteiger partial charge is 0.372 e. The third-order valence-electron chi connectivity index (χ3n) is 2.96. The van der Waals surface area contributed by atoms with E-state index in [0.717, 1.165) is 11.1 Å². The van der Waals surface area contributed by atoms with Gasteiger partial charge < -0.3 is 5.32 Å². The highest BCUT2D eigenvalue weighted by molar-refractivity contribution is 5.45. The molecule has 0 bridgehead atoms. The van der Waals surface area contributed by atoms with Gasteiger partial charge in [0.05, 0.1) is 0 Å². The summed E-state index contributed by atoms with van der Waals surface area (Å²) >= 11 is 0. The fourth-order valence-electron chi connectivity index (χ4n) is 2.02. The molecule has 0 spiro atoms. The van der Waals surface area contributed by atoms with Crippen molar-refractivity contribution in [3.8, 4) is 0 Å². The van der Waals surface area contributed by atoms with E-state index in [9.17, 15) is 14.5 Å². The van der Waals surface area contributed by atoms with E-state index in [1.807, 2.05) is 31.2 Å². The third-order valence-corrected chi connectivity index (χ3v) is 2.96. The van der Waals surface area contributed by atoms with Gasteiger partial charge in [0.2, 0.25) is 6.54 Å². The van der Waals surface area contributed by atoms with Crippen LogP contribution in [0, 0.1) is 22.9 Å². The van der Waals surface area contributed by atoms with Crippen molar-refractivity contribution in [3.63, 3.8) is 0 Å². The molecule has 20 heavy (non-hydrogen) atoms. The van der Waals surface area contributed by atoms with Gasteiger partial charge in [0, 0.05) is 10.6 Å². The van der Waals surface area contributed by atoms with Crippen molar-refractivity contribution < 1.29 is 9.31 Å². The molecule has 0 aromatic heterocycles. The van der Waals surface area contributed by atoms with Crippen molar-refractivity contribution in [2.24, 2.45) is 0 Å². The Morgan fingerprint density at radius 3 is 2.55 bits per heavy atom. The van der Waals surface area contributed by atoms with Gasteiger partial charge in [-0.15, -0.1) is 0 Å². The van der Waals surface area contributed by atoms with E-state index in [-0.39, 0.29) is 17.3 Å². The lowest BCUT2D eigenvalue weighted by atomic mass is 10.0. The highest BCUT2D eigenvalue weighted by Gasteiger charge is 2.17. The molecule has 0 heterocycles. The van der Waals surface area contributed by atoms with E-state index in [1.54, 1.807) is 12.1 Å². The first kappa shape index (κ1) is 14.0. The molecular weight excluding hydrogens is 259 g/mol. The van der Waals surface area contributed by atoms with Crippen LogP contribution in [0.4, 0.5) is 10.1 Å². The minimum atomic E-state index is -0.449. The standard InChI is InChI=1S/C15H15FN2O2/c1-11-3-2-4-12(9-11)15(10-18(19)20)17-14-7-5-13(16)6-8-14/h2-9,15,17H,10H2,1H3. The van der Waals surface area contributed by atoms with Crippen LogP contribution in [0.15, 0.2) is 48.5 Å². The van der Waals surface area contributed by atoms with E-state index >= 15 is 0 Å². The lowest BCUT2D eigenvalue weighted by Gasteiger charge is -2.17. The zero-order valence-electron chi connectivity index (χ0n) is 11.0. The Balaban J connectivity index is 2.23. The fraction of sp³-hybridized carbons (Fsp3) is 0.200. The van der Waals surface area contributed by atoms with E-state index in [0.29, 0.717) is 5.69 Å². The molecule has 0 saturated carbocycles. The predicted molar refractivity (Wildman–Crippen MR) is 75.8 cm³/mol. The van der Waals surface area contributed by atoms with Crippen LogP contribution in [-0.2, 0) is 0 Å². The van der Waals surface area contributed by atoms with Crippen LogP contribution in [0.5, 0.6) is 0 Å². The SMILES string of the molecule is Cc1cccc(C(C[N+](=O)[O-])Nc2ccc(F)cc2)c1. The number of hydrogen-bond acceptors (Lipinski definition) is 3. The maximum atomic E-state index is 12.9. The number of nitrogens with zero attached hydrogens (tertiary/aromatic N) is 1. The lowest BCUT2D eigenvalue weighted by Crippen LogP contribution is -2.20. The van der Waals surface area contributed by atoms with Gasteiger partial charge in [-0.2, -0.15) is 0 Å². The van der Waals surface area contributed by atoms with Gasteiger partial charge in [0.15, 0.2) is 0 Å². The number of benzene rings is 2. The van der Waals surface area contributed by atoms with Crippen LogP contribution in [0.1, 0.15) is 17.2 Å². The van der Waals surface area contributed by atoms with Crippen LogP contribution >= 0.6 is 0 Å². The summed E-state index contributed by atoms with van der Waals surface area (Å²) in [7, 11) is 0. The summed E-state index contributed by atoms with van der Waals surface area (Å²) in [5.41, 5.74) is 2.53. The number of rotatable bonds is 5. The van der Waals surface area contributed by atoms with Gasteiger partial charge in [-0.25, -0.2) is 4.39 Å². The Morgan fingerprint density at radius 1 is 1.25 bits per heavy atom. The topological polar surface area (TPSA) is 55.2 Å². The van der Waals surface area contributed by atoms with Gasteiger partial charge in [-0.3, -0.25) is 10.1 Å². The minimum absolute atomic E-state index is 0.235. The third kappa shape index (κ3) is 3.78. The number of halogens is 1. The minimum Gasteiger partial charge on any atom is -0.372 e.